The Balaban J connectivity index is 1.98. The van der Waals surface area contributed by atoms with Crippen molar-refractivity contribution in [2.24, 2.45) is 0 Å². The Morgan fingerprint density at radius 1 is 1.29 bits per heavy atom. The minimum Gasteiger partial charge on any atom is -0.310 e. The van der Waals surface area contributed by atoms with E-state index in [0.29, 0.717) is 0 Å². The van der Waals surface area contributed by atoms with Crippen LogP contribution < -0.4 is 5.32 Å². The van der Waals surface area contributed by atoms with Crippen molar-refractivity contribution in [3.63, 3.8) is 0 Å². The Labute approximate surface area is 128 Å². The SMILES string of the molecule is CCC1(CC)CN(CCc2ccc(F)cc2C)CCCN1. The van der Waals surface area contributed by atoms with Gasteiger partial charge in [0.25, 0.3) is 0 Å². The Morgan fingerprint density at radius 3 is 2.71 bits per heavy atom. The van der Waals surface area contributed by atoms with E-state index in [2.05, 4.69) is 24.1 Å². The van der Waals surface area contributed by atoms with Crippen molar-refractivity contribution >= 4 is 0 Å². The molecule has 1 aliphatic heterocycles. The maximum Gasteiger partial charge on any atom is 0.123 e. The van der Waals surface area contributed by atoms with Gasteiger partial charge in [0, 0.05) is 18.6 Å². The van der Waals surface area contributed by atoms with E-state index in [4.69, 9.17) is 0 Å². The van der Waals surface area contributed by atoms with Gasteiger partial charge in [-0.05, 0) is 69.0 Å². The topological polar surface area (TPSA) is 15.3 Å². The molecule has 1 aromatic carbocycles. The highest BCUT2D eigenvalue weighted by Gasteiger charge is 2.29. The first-order valence-electron chi connectivity index (χ1n) is 8.31. The number of hydrogen-bond acceptors (Lipinski definition) is 2. The quantitative estimate of drug-likeness (QED) is 0.893. The van der Waals surface area contributed by atoms with Gasteiger partial charge in [-0.2, -0.15) is 0 Å². The lowest BCUT2D eigenvalue weighted by Crippen LogP contribution is -2.50. The van der Waals surface area contributed by atoms with Crippen molar-refractivity contribution < 1.29 is 4.39 Å². The predicted octanol–water partition coefficient (Wildman–Crippen LogP) is 3.53. The Morgan fingerprint density at radius 2 is 2.05 bits per heavy atom. The normalized spacial score (nSPS) is 19.4. The molecule has 118 valence electrons. The van der Waals surface area contributed by atoms with Gasteiger partial charge in [0.05, 0.1) is 0 Å². The molecule has 0 unspecified atom stereocenters. The average molecular weight is 292 g/mol. The van der Waals surface area contributed by atoms with Gasteiger partial charge in [0.1, 0.15) is 5.82 Å². The summed E-state index contributed by atoms with van der Waals surface area (Å²) < 4.78 is 13.2. The fourth-order valence-corrected chi connectivity index (χ4v) is 3.35. The fraction of sp³-hybridized carbons (Fsp3) is 0.667. The number of halogens is 1. The van der Waals surface area contributed by atoms with Gasteiger partial charge in [0.15, 0.2) is 0 Å². The zero-order valence-electron chi connectivity index (χ0n) is 13.7. The zero-order valence-corrected chi connectivity index (χ0v) is 13.7. The van der Waals surface area contributed by atoms with Crippen LogP contribution in [0.25, 0.3) is 0 Å². The molecule has 0 spiro atoms. The number of rotatable bonds is 5. The van der Waals surface area contributed by atoms with E-state index < -0.39 is 0 Å². The summed E-state index contributed by atoms with van der Waals surface area (Å²) in [7, 11) is 0. The van der Waals surface area contributed by atoms with Crippen molar-refractivity contribution in [1.29, 1.82) is 0 Å². The first-order chi connectivity index (χ1) is 10.1. The van der Waals surface area contributed by atoms with Crippen LogP contribution in [0.1, 0.15) is 44.2 Å². The summed E-state index contributed by atoms with van der Waals surface area (Å²) in [5, 5.41) is 3.75. The van der Waals surface area contributed by atoms with Gasteiger partial charge in [-0.3, -0.25) is 0 Å². The monoisotopic (exact) mass is 292 g/mol. The third-order valence-corrected chi connectivity index (χ3v) is 5.03. The van der Waals surface area contributed by atoms with Crippen LogP contribution in [0.2, 0.25) is 0 Å². The molecule has 0 aromatic heterocycles. The molecule has 0 atom stereocenters. The van der Waals surface area contributed by atoms with Crippen molar-refractivity contribution in [3.8, 4) is 0 Å². The molecule has 0 amide bonds. The second-order valence-electron chi connectivity index (χ2n) is 6.36. The van der Waals surface area contributed by atoms with E-state index in [1.54, 1.807) is 12.1 Å². The largest absolute Gasteiger partial charge is 0.310 e. The first kappa shape index (κ1) is 16.4. The van der Waals surface area contributed by atoms with Crippen LogP contribution >= 0.6 is 0 Å². The van der Waals surface area contributed by atoms with E-state index in [1.165, 1.54) is 24.8 Å². The van der Waals surface area contributed by atoms with Gasteiger partial charge in [-0.25, -0.2) is 4.39 Å². The van der Waals surface area contributed by atoms with E-state index in [9.17, 15) is 4.39 Å². The number of nitrogens with one attached hydrogen (secondary N) is 1. The van der Waals surface area contributed by atoms with Crippen LogP contribution in [-0.4, -0.2) is 36.6 Å². The molecule has 1 aliphatic rings. The van der Waals surface area contributed by atoms with Crippen molar-refractivity contribution in [2.75, 3.05) is 26.2 Å². The Kier molecular flexibility index (Phi) is 5.77. The van der Waals surface area contributed by atoms with Crippen LogP contribution in [0, 0.1) is 12.7 Å². The summed E-state index contributed by atoms with van der Waals surface area (Å²) in [5.74, 6) is -0.133. The standard InChI is InChI=1S/C18H29FN2/c1-4-18(5-2)14-21(11-6-10-20-18)12-9-16-7-8-17(19)13-15(16)3/h7-8,13,20H,4-6,9-12,14H2,1-3H3. The zero-order chi connectivity index (χ0) is 15.3. The van der Waals surface area contributed by atoms with Gasteiger partial charge >= 0.3 is 0 Å². The third-order valence-electron chi connectivity index (χ3n) is 5.03. The molecular formula is C18H29FN2. The Hall–Kier alpha value is -0.930. The lowest BCUT2D eigenvalue weighted by molar-refractivity contribution is 0.198. The molecule has 1 fully saturated rings. The fourth-order valence-electron chi connectivity index (χ4n) is 3.35. The Bertz CT molecular complexity index is 455. The lowest BCUT2D eigenvalue weighted by atomic mass is 9.92. The number of hydrogen-bond donors (Lipinski definition) is 1. The van der Waals surface area contributed by atoms with E-state index >= 15 is 0 Å². The molecular weight excluding hydrogens is 263 g/mol. The molecule has 0 saturated carbocycles. The lowest BCUT2D eigenvalue weighted by Gasteiger charge is -2.35. The smallest absolute Gasteiger partial charge is 0.123 e. The molecule has 3 heteroatoms. The highest BCUT2D eigenvalue weighted by molar-refractivity contribution is 5.26. The summed E-state index contributed by atoms with van der Waals surface area (Å²) in [6.45, 7) is 11.0. The number of aryl methyl sites for hydroxylation is 1. The summed E-state index contributed by atoms with van der Waals surface area (Å²) in [5.41, 5.74) is 2.61. The summed E-state index contributed by atoms with van der Waals surface area (Å²) in [6, 6.07) is 5.16. The van der Waals surface area contributed by atoms with Gasteiger partial charge < -0.3 is 10.2 Å². The van der Waals surface area contributed by atoms with Gasteiger partial charge in [-0.1, -0.05) is 19.9 Å². The van der Waals surface area contributed by atoms with Crippen LogP contribution in [0.3, 0.4) is 0 Å². The third kappa shape index (κ3) is 4.27. The van der Waals surface area contributed by atoms with Gasteiger partial charge in [0.2, 0.25) is 0 Å². The van der Waals surface area contributed by atoms with Crippen molar-refractivity contribution in [3.05, 3.63) is 35.1 Å². The van der Waals surface area contributed by atoms with Crippen molar-refractivity contribution in [1.82, 2.24) is 10.2 Å². The summed E-state index contributed by atoms with van der Waals surface area (Å²) in [6.07, 6.45) is 4.57. The van der Waals surface area contributed by atoms with Crippen LogP contribution in [0.5, 0.6) is 0 Å². The molecule has 1 aromatic rings. The van der Waals surface area contributed by atoms with E-state index in [0.717, 1.165) is 38.2 Å². The van der Waals surface area contributed by atoms with E-state index in [1.807, 2.05) is 13.0 Å². The molecule has 1 heterocycles. The minimum absolute atomic E-state index is 0.133. The molecule has 0 aliphatic carbocycles. The molecule has 0 radical (unpaired) electrons. The molecule has 2 nitrogen and oxygen atoms in total. The van der Waals surface area contributed by atoms with Crippen LogP contribution in [-0.2, 0) is 6.42 Å². The maximum atomic E-state index is 13.2. The first-order valence-corrected chi connectivity index (χ1v) is 8.31. The highest BCUT2D eigenvalue weighted by Crippen LogP contribution is 2.20. The molecule has 1 saturated heterocycles. The summed E-state index contributed by atoms with van der Waals surface area (Å²) in [4.78, 5) is 2.58. The van der Waals surface area contributed by atoms with Crippen LogP contribution in [0.4, 0.5) is 4.39 Å². The minimum atomic E-state index is -0.133. The van der Waals surface area contributed by atoms with Gasteiger partial charge in [-0.15, -0.1) is 0 Å². The van der Waals surface area contributed by atoms with E-state index in [-0.39, 0.29) is 11.4 Å². The molecule has 1 N–H and O–H groups in total. The maximum absolute atomic E-state index is 13.2. The number of nitrogens with zero attached hydrogens (tertiary/aromatic N) is 1. The molecule has 0 bridgehead atoms. The predicted molar refractivity (Wildman–Crippen MR) is 87.2 cm³/mol. The second-order valence-corrected chi connectivity index (χ2v) is 6.36. The molecule has 21 heavy (non-hydrogen) atoms. The average Bonchev–Trinajstić information content (AvgIpc) is 2.69. The highest BCUT2D eigenvalue weighted by atomic mass is 19.1. The molecule has 2 rings (SSSR count). The van der Waals surface area contributed by atoms with Crippen LogP contribution in [0.15, 0.2) is 18.2 Å². The van der Waals surface area contributed by atoms with Crippen molar-refractivity contribution in [2.45, 2.75) is 52.0 Å². The number of benzene rings is 1. The summed E-state index contributed by atoms with van der Waals surface area (Å²) >= 11 is 0. The second kappa shape index (κ2) is 7.37.